The lowest BCUT2D eigenvalue weighted by Gasteiger charge is -2.23. The maximum atomic E-state index is 12.1. The summed E-state index contributed by atoms with van der Waals surface area (Å²) in [4.78, 5) is 24.3. The first-order chi connectivity index (χ1) is 9.52. The summed E-state index contributed by atoms with van der Waals surface area (Å²) in [5, 5.41) is 21.3. The Morgan fingerprint density at radius 3 is 2.85 bits per heavy atom. The fourth-order valence-electron chi connectivity index (χ4n) is 2.97. The summed E-state index contributed by atoms with van der Waals surface area (Å²) >= 11 is 0. The van der Waals surface area contributed by atoms with E-state index in [0.717, 1.165) is 12.8 Å². The minimum atomic E-state index is -1.08. The van der Waals surface area contributed by atoms with Gasteiger partial charge in [-0.3, -0.25) is 0 Å². The molecule has 0 spiro atoms. The van der Waals surface area contributed by atoms with Crippen molar-refractivity contribution in [3.05, 3.63) is 0 Å². The van der Waals surface area contributed by atoms with Crippen molar-refractivity contribution >= 4 is 12.0 Å². The Labute approximate surface area is 117 Å². The van der Waals surface area contributed by atoms with Crippen LogP contribution >= 0.6 is 0 Å². The zero-order chi connectivity index (χ0) is 14.7. The number of carboxylic acids is 1. The Hall–Kier alpha value is -1.34. The number of carbonyl (C=O) groups excluding carboxylic acids is 1. The highest BCUT2D eigenvalue weighted by atomic mass is 16.5. The van der Waals surface area contributed by atoms with Crippen LogP contribution < -0.4 is 5.32 Å². The molecule has 2 aliphatic heterocycles. The van der Waals surface area contributed by atoms with Gasteiger partial charge in [-0.15, -0.1) is 0 Å². The number of carbonyl (C=O) groups is 2. The van der Waals surface area contributed by atoms with E-state index in [1.165, 1.54) is 4.90 Å². The van der Waals surface area contributed by atoms with Gasteiger partial charge in [0.05, 0.1) is 12.2 Å². The number of nitrogens with zero attached hydrogens (tertiary/aromatic N) is 1. The van der Waals surface area contributed by atoms with Crippen LogP contribution in [0.3, 0.4) is 0 Å². The van der Waals surface area contributed by atoms with Gasteiger partial charge in [-0.25, -0.2) is 9.59 Å². The van der Waals surface area contributed by atoms with E-state index in [-0.39, 0.29) is 25.0 Å². The third kappa shape index (κ3) is 3.21. The molecule has 7 heteroatoms. The quantitative estimate of drug-likeness (QED) is 0.677. The van der Waals surface area contributed by atoms with Crippen molar-refractivity contribution in [1.82, 2.24) is 10.2 Å². The first-order valence-electron chi connectivity index (χ1n) is 7.09. The van der Waals surface area contributed by atoms with Gasteiger partial charge in [0, 0.05) is 32.0 Å². The van der Waals surface area contributed by atoms with Crippen molar-refractivity contribution < 1.29 is 24.5 Å². The first kappa shape index (κ1) is 15.1. The summed E-state index contributed by atoms with van der Waals surface area (Å²) in [6.07, 6.45) is 1.30. The number of ether oxygens (including phenoxy) is 1. The molecular formula is C13H22N2O5. The van der Waals surface area contributed by atoms with Crippen LogP contribution in [0.2, 0.25) is 0 Å². The van der Waals surface area contributed by atoms with Gasteiger partial charge in [0.2, 0.25) is 0 Å². The number of carboxylic acid groups (broad SMARTS) is 1. The molecule has 0 radical (unpaired) electrons. The first-order valence-corrected chi connectivity index (χ1v) is 7.09. The summed E-state index contributed by atoms with van der Waals surface area (Å²) < 4.78 is 5.55. The molecule has 0 aromatic heterocycles. The molecule has 2 saturated heterocycles. The summed E-state index contributed by atoms with van der Waals surface area (Å²) in [5.41, 5.74) is 0. The van der Waals surface area contributed by atoms with E-state index in [9.17, 15) is 14.7 Å². The Morgan fingerprint density at radius 1 is 1.45 bits per heavy atom. The molecule has 2 fully saturated rings. The number of rotatable bonds is 4. The SMILES string of the molecule is CCC1OCCC1CNC(=O)N1C[C@H](O)C[C@@H]1C(=O)O. The van der Waals surface area contributed by atoms with Gasteiger partial charge in [0.15, 0.2) is 0 Å². The number of nitrogens with one attached hydrogen (secondary N) is 1. The molecule has 114 valence electrons. The van der Waals surface area contributed by atoms with Crippen LogP contribution in [0, 0.1) is 5.92 Å². The van der Waals surface area contributed by atoms with E-state index >= 15 is 0 Å². The van der Waals surface area contributed by atoms with Crippen molar-refractivity contribution in [2.45, 2.75) is 44.4 Å². The number of β-amino-alcohol motifs (C(OH)–C–C–N with tert-alkyl or cyclic N) is 1. The molecule has 20 heavy (non-hydrogen) atoms. The molecule has 4 atom stereocenters. The number of amides is 2. The van der Waals surface area contributed by atoms with Crippen molar-refractivity contribution in [1.29, 1.82) is 0 Å². The van der Waals surface area contributed by atoms with Crippen molar-refractivity contribution in [2.24, 2.45) is 5.92 Å². The molecule has 7 nitrogen and oxygen atoms in total. The summed E-state index contributed by atoms with van der Waals surface area (Å²) in [7, 11) is 0. The fraction of sp³-hybridized carbons (Fsp3) is 0.846. The lowest BCUT2D eigenvalue weighted by atomic mass is 10.00. The summed E-state index contributed by atoms with van der Waals surface area (Å²) in [5.74, 6) is -0.799. The number of hydrogen-bond donors (Lipinski definition) is 3. The van der Waals surface area contributed by atoms with Crippen molar-refractivity contribution in [3.8, 4) is 0 Å². The topological polar surface area (TPSA) is 99.1 Å². The average Bonchev–Trinajstić information content (AvgIpc) is 3.01. The predicted molar refractivity (Wildman–Crippen MR) is 70.3 cm³/mol. The average molecular weight is 286 g/mol. The number of aliphatic hydroxyl groups is 1. The van der Waals surface area contributed by atoms with E-state index in [2.05, 4.69) is 5.32 Å². The largest absolute Gasteiger partial charge is 0.480 e. The van der Waals surface area contributed by atoms with Crippen LogP contribution in [0.25, 0.3) is 0 Å². The van der Waals surface area contributed by atoms with Gasteiger partial charge in [-0.05, 0) is 12.8 Å². The zero-order valence-corrected chi connectivity index (χ0v) is 11.6. The van der Waals surface area contributed by atoms with Gasteiger partial charge >= 0.3 is 12.0 Å². The highest BCUT2D eigenvalue weighted by Gasteiger charge is 2.39. The Morgan fingerprint density at radius 2 is 2.20 bits per heavy atom. The predicted octanol–water partition coefficient (Wildman–Crippen LogP) is 0.0309. The third-order valence-electron chi connectivity index (χ3n) is 4.09. The highest BCUT2D eigenvalue weighted by Crippen LogP contribution is 2.23. The van der Waals surface area contributed by atoms with Gasteiger partial charge in [0.1, 0.15) is 6.04 Å². The molecule has 2 heterocycles. The standard InChI is InChI=1S/C13H22N2O5/c1-2-11-8(3-4-20-11)6-14-13(19)15-7-9(16)5-10(15)12(17)18/h8-11,16H,2-7H2,1H3,(H,14,19)(H,17,18)/t8?,9-,10-,11?/m1/s1. The van der Waals surface area contributed by atoms with Crippen LogP contribution in [0.15, 0.2) is 0 Å². The molecule has 0 aromatic carbocycles. The Bertz CT molecular complexity index is 376. The Kier molecular flexibility index (Phi) is 4.82. The molecule has 0 bridgehead atoms. The highest BCUT2D eigenvalue weighted by molar-refractivity contribution is 5.83. The molecule has 0 saturated carbocycles. The lowest BCUT2D eigenvalue weighted by molar-refractivity contribution is -0.141. The normalized spacial score (nSPS) is 33.4. The molecule has 0 aromatic rings. The minimum Gasteiger partial charge on any atom is -0.480 e. The second-order valence-corrected chi connectivity index (χ2v) is 5.45. The zero-order valence-electron chi connectivity index (χ0n) is 11.6. The van der Waals surface area contributed by atoms with E-state index < -0.39 is 24.1 Å². The monoisotopic (exact) mass is 286 g/mol. The van der Waals surface area contributed by atoms with Crippen molar-refractivity contribution in [3.63, 3.8) is 0 Å². The maximum Gasteiger partial charge on any atom is 0.326 e. The van der Waals surface area contributed by atoms with Crippen LogP contribution in [0.5, 0.6) is 0 Å². The number of hydrogen-bond acceptors (Lipinski definition) is 4. The van der Waals surface area contributed by atoms with E-state index in [1.807, 2.05) is 6.92 Å². The molecule has 2 unspecified atom stereocenters. The maximum absolute atomic E-state index is 12.1. The van der Waals surface area contributed by atoms with Crippen molar-refractivity contribution in [2.75, 3.05) is 19.7 Å². The fourth-order valence-corrected chi connectivity index (χ4v) is 2.97. The van der Waals surface area contributed by atoms with Gasteiger partial charge in [-0.2, -0.15) is 0 Å². The van der Waals surface area contributed by atoms with E-state index in [1.54, 1.807) is 0 Å². The second-order valence-electron chi connectivity index (χ2n) is 5.45. The molecule has 2 aliphatic rings. The number of aliphatic hydroxyl groups excluding tert-OH is 1. The van der Waals surface area contributed by atoms with E-state index in [0.29, 0.717) is 13.2 Å². The third-order valence-corrected chi connectivity index (χ3v) is 4.09. The van der Waals surface area contributed by atoms with Crippen LogP contribution in [0.1, 0.15) is 26.2 Å². The minimum absolute atomic E-state index is 0.0706. The van der Waals surface area contributed by atoms with Crippen LogP contribution in [0.4, 0.5) is 4.79 Å². The number of urea groups is 1. The summed E-state index contributed by atoms with van der Waals surface area (Å²) in [6, 6.07) is -1.36. The van der Waals surface area contributed by atoms with Gasteiger partial charge in [0.25, 0.3) is 0 Å². The molecule has 3 N–H and O–H groups in total. The number of aliphatic carboxylic acids is 1. The van der Waals surface area contributed by atoms with E-state index in [4.69, 9.17) is 9.84 Å². The smallest absolute Gasteiger partial charge is 0.326 e. The summed E-state index contributed by atoms with van der Waals surface area (Å²) in [6.45, 7) is 3.30. The molecular weight excluding hydrogens is 264 g/mol. The van der Waals surface area contributed by atoms with Gasteiger partial charge in [-0.1, -0.05) is 6.92 Å². The van der Waals surface area contributed by atoms with Crippen LogP contribution in [-0.4, -0.2) is 65.1 Å². The second kappa shape index (κ2) is 6.41. The molecule has 2 amide bonds. The molecule has 0 aliphatic carbocycles. The Balaban J connectivity index is 1.86. The lowest BCUT2D eigenvalue weighted by Crippen LogP contribution is -2.47. The van der Waals surface area contributed by atoms with Gasteiger partial charge < -0.3 is 25.2 Å². The van der Waals surface area contributed by atoms with Crippen LogP contribution in [-0.2, 0) is 9.53 Å². The molecule has 2 rings (SSSR count). The number of likely N-dealkylation sites (tertiary alicyclic amines) is 1.